The quantitative estimate of drug-likeness (QED) is 0.491. The molecule has 0 saturated carbocycles. The number of benzene rings is 3. The third-order valence-corrected chi connectivity index (χ3v) is 4.92. The molecule has 0 aliphatic heterocycles. The molecule has 1 heterocycles. The number of imidazole rings is 1. The average Bonchev–Trinajstić information content (AvgIpc) is 3.21. The zero-order valence-electron chi connectivity index (χ0n) is 16.9. The van der Waals surface area contributed by atoms with Gasteiger partial charge in [-0.2, -0.15) is 0 Å². The van der Waals surface area contributed by atoms with Crippen molar-refractivity contribution in [2.24, 2.45) is 0 Å². The van der Waals surface area contributed by atoms with Crippen LogP contribution in [0.4, 0.5) is 4.39 Å². The zero-order valence-corrected chi connectivity index (χ0v) is 16.9. The molecule has 152 valence electrons. The molecule has 0 aliphatic carbocycles. The molecule has 1 aromatic heterocycles. The van der Waals surface area contributed by atoms with E-state index >= 15 is 0 Å². The topological polar surface area (TPSA) is 58.2 Å². The Hall–Kier alpha value is -3.67. The highest BCUT2D eigenvalue weighted by atomic mass is 19.1. The molecule has 0 unspecified atom stereocenters. The SMILES string of the molecule is CCOc1cc(C(=O)N(C)Cc2ccc3nc[nH]c3c2)ccc1-c1cccc(F)c1. The van der Waals surface area contributed by atoms with E-state index in [9.17, 15) is 9.18 Å². The summed E-state index contributed by atoms with van der Waals surface area (Å²) in [7, 11) is 1.76. The molecule has 1 N–H and O–H groups in total. The number of amides is 1. The number of aromatic amines is 1. The molecule has 5 nitrogen and oxygen atoms in total. The molecule has 4 rings (SSSR count). The van der Waals surface area contributed by atoms with Crippen LogP contribution in [0.3, 0.4) is 0 Å². The monoisotopic (exact) mass is 403 g/mol. The van der Waals surface area contributed by atoms with Gasteiger partial charge in [0.15, 0.2) is 0 Å². The van der Waals surface area contributed by atoms with Gasteiger partial charge in [0.2, 0.25) is 0 Å². The Morgan fingerprint density at radius 2 is 2.00 bits per heavy atom. The largest absolute Gasteiger partial charge is 0.493 e. The van der Waals surface area contributed by atoms with Gasteiger partial charge in [0.1, 0.15) is 11.6 Å². The molecular weight excluding hydrogens is 381 g/mol. The van der Waals surface area contributed by atoms with Crippen LogP contribution >= 0.6 is 0 Å². The Morgan fingerprint density at radius 3 is 2.80 bits per heavy atom. The lowest BCUT2D eigenvalue weighted by molar-refractivity contribution is 0.0784. The van der Waals surface area contributed by atoms with E-state index in [4.69, 9.17) is 4.74 Å². The summed E-state index contributed by atoms with van der Waals surface area (Å²) in [5.74, 6) is 0.122. The first-order valence-electron chi connectivity index (χ1n) is 9.75. The Kier molecular flexibility index (Phi) is 5.48. The summed E-state index contributed by atoms with van der Waals surface area (Å²) in [6.45, 7) is 2.78. The lowest BCUT2D eigenvalue weighted by Gasteiger charge is -2.19. The van der Waals surface area contributed by atoms with Gasteiger partial charge >= 0.3 is 0 Å². The molecule has 30 heavy (non-hydrogen) atoms. The van der Waals surface area contributed by atoms with Gasteiger partial charge in [-0.3, -0.25) is 4.79 Å². The van der Waals surface area contributed by atoms with Crippen molar-refractivity contribution in [3.05, 3.63) is 83.9 Å². The number of halogens is 1. The Morgan fingerprint density at radius 1 is 1.13 bits per heavy atom. The summed E-state index contributed by atoms with van der Waals surface area (Å²) < 4.78 is 19.4. The first-order chi connectivity index (χ1) is 14.5. The molecule has 4 aromatic rings. The van der Waals surface area contributed by atoms with Gasteiger partial charge in [-0.05, 0) is 60.5 Å². The van der Waals surface area contributed by atoms with Crippen LogP contribution in [0, 0.1) is 5.82 Å². The summed E-state index contributed by atoms with van der Waals surface area (Å²) in [4.78, 5) is 22.0. The van der Waals surface area contributed by atoms with Gasteiger partial charge < -0.3 is 14.6 Å². The summed E-state index contributed by atoms with van der Waals surface area (Å²) >= 11 is 0. The van der Waals surface area contributed by atoms with E-state index in [1.165, 1.54) is 12.1 Å². The predicted octanol–water partition coefficient (Wildman–Crippen LogP) is 5.04. The highest BCUT2D eigenvalue weighted by molar-refractivity contribution is 5.95. The smallest absolute Gasteiger partial charge is 0.254 e. The number of nitrogens with one attached hydrogen (secondary N) is 1. The Bertz CT molecular complexity index is 1200. The molecule has 0 saturated heterocycles. The first kappa shape index (κ1) is 19.6. The molecule has 6 heteroatoms. The van der Waals surface area contributed by atoms with E-state index in [1.807, 2.05) is 31.2 Å². The van der Waals surface area contributed by atoms with Crippen molar-refractivity contribution in [1.82, 2.24) is 14.9 Å². The fraction of sp³-hybridized carbons (Fsp3) is 0.167. The second-order valence-corrected chi connectivity index (χ2v) is 7.07. The number of carbonyl (C=O) groups excluding carboxylic acids is 1. The summed E-state index contributed by atoms with van der Waals surface area (Å²) in [6.07, 6.45) is 1.65. The van der Waals surface area contributed by atoms with Crippen LogP contribution in [-0.2, 0) is 6.54 Å². The summed E-state index contributed by atoms with van der Waals surface area (Å²) in [5, 5.41) is 0. The molecule has 0 bridgehead atoms. The molecule has 0 atom stereocenters. The molecule has 3 aromatic carbocycles. The van der Waals surface area contributed by atoms with Crippen molar-refractivity contribution < 1.29 is 13.9 Å². The van der Waals surface area contributed by atoms with Crippen LogP contribution < -0.4 is 4.74 Å². The maximum Gasteiger partial charge on any atom is 0.254 e. The number of hydrogen-bond donors (Lipinski definition) is 1. The first-order valence-corrected chi connectivity index (χ1v) is 9.75. The summed E-state index contributed by atoms with van der Waals surface area (Å²) in [6, 6.07) is 17.5. The van der Waals surface area contributed by atoms with Crippen molar-refractivity contribution in [1.29, 1.82) is 0 Å². The van der Waals surface area contributed by atoms with Crippen LogP contribution in [0.25, 0.3) is 22.2 Å². The van der Waals surface area contributed by atoms with E-state index in [2.05, 4.69) is 9.97 Å². The van der Waals surface area contributed by atoms with Crippen LogP contribution in [0.5, 0.6) is 5.75 Å². The maximum atomic E-state index is 13.7. The summed E-state index contributed by atoms with van der Waals surface area (Å²) in [5.41, 5.74) is 4.81. The number of fused-ring (bicyclic) bond motifs is 1. The maximum absolute atomic E-state index is 13.7. The fourth-order valence-corrected chi connectivity index (χ4v) is 3.47. The number of rotatable bonds is 6. The second-order valence-electron chi connectivity index (χ2n) is 7.07. The van der Waals surface area contributed by atoms with E-state index in [0.29, 0.717) is 30.0 Å². The average molecular weight is 403 g/mol. The molecule has 0 radical (unpaired) electrons. The number of ether oxygens (including phenoxy) is 1. The van der Waals surface area contributed by atoms with Crippen LogP contribution in [0.1, 0.15) is 22.8 Å². The third-order valence-electron chi connectivity index (χ3n) is 4.92. The molecule has 0 aliphatic rings. The fourth-order valence-electron chi connectivity index (χ4n) is 3.47. The number of aromatic nitrogens is 2. The molecular formula is C24H22FN3O2. The third kappa shape index (κ3) is 4.03. The van der Waals surface area contributed by atoms with Gasteiger partial charge in [-0.25, -0.2) is 9.37 Å². The van der Waals surface area contributed by atoms with Crippen molar-refractivity contribution >= 4 is 16.9 Å². The normalized spacial score (nSPS) is 10.9. The molecule has 1 amide bonds. The predicted molar refractivity (Wildman–Crippen MR) is 115 cm³/mol. The molecule has 0 spiro atoms. The number of carbonyl (C=O) groups is 1. The van der Waals surface area contributed by atoms with Crippen molar-refractivity contribution in [2.45, 2.75) is 13.5 Å². The lowest BCUT2D eigenvalue weighted by atomic mass is 10.0. The van der Waals surface area contributed by atoms with E-state index < -0.39 is 0 Å². The van der Waals surface area contributed by atoms with E-state index in [1.54, 1.807) is 42.5 Å². The van der Waals surface area contributed by atoms with Gasteiger partial charge in [0.05, 0.1) is 24.0 Å². The van der Waals surface area contributed by atoms with Crippen LogP contribution in [-0.4, -0.2) is 34.4 Å². The van der Waals surface area contributed by atoms with Crippen LogP contribution in [0.15, 0.2) is 67.0 Å². The molecule has 0 fully saturated rings. The number of nitrogens with zero attached hydrogens (tertiary/aromatic N) is 2. The van der Waals surface area contributed by atoms with Crippen molar-refractivity contribution in [2.75, 3.05) is 13.7 Å². The zero-order chi connectivity index (χ0) is 21.1. The Balaban J connectivity index is 1.58. The van der Waals surface area contributed by atoms with Gasteiger partial charge in [0.25, 0.3) is 5.91 Å². The van der Waals surface area contributed by atoms with Crippen molar-refractivity contribution in [3.8, 4) is 16.9 Å². The number of H-pyrrole nitrogens is 1. The highest BCUT2D eigenvalue weighted by Crippen LogP contribution is 2.32. The lowest BCUT2D eigenvalue weighted by Crippen LogP contribution is -2.26. The van der Waals surface area contributed by atoms with Crippen molar-refractivity contribution in [3.63, 3.8) is 0 Å². The van der Waals surface area contributed by atoms with Gasteiger partial charge in [0, 0.05) is 24.7 Å². The van der Waals surface area contributed by atoms with E-state index in [-0.39, 0.29) is 11.7 Å². The minimum absolute atomic E-state index is 0.119. The van der Waals surface area contributed by atoms with Gasteiger partial charge in [-0.15, -0.1) is 0 Å². The highest BCUT2D eigenvalue weighted by Gasteiger charge is 2.16. The number of hydrogen-bond acceptors (Lipinski definition) is 3. The van der Waals surface area contributed by atoms with Gasteiger partial charge in [-0.1, -0.05) is 18.2 Å². The Labute approximate surface area is 174 Å². The standard InChI is InChI=1S/C24H22FN3O2/c1-3-30-23-13-18(8-9-20(23)17-5-4-6-19(25)12-17)24(29)28(2)14-16-7-10-21-22(11-16)27-15-26-21/h4-13,15H,3,14H2,1-2H3,(H,26,27). The minimum Gasteiger partial charge on any atom is -0.493 e. The van der Waals surface area contributed by atoms with E-state index in [0.717, 1.165) is 22.2 Å². The minimum atomic E-state index is -0.316. The van der Waals surface area contributed by atoms with Crippen LogP contribution in [0.2, 0.25) is 0 Å². The second kappa shape index (κ2) is 8.37.